The molecule has 3 aliphatic heterocycles. The Balaban J connectivity index is 1.18. The number of piperidine rings is 3. The van der Waals surface area contributed by atoms with E-state index in [9.17, 15) is 9.00 Å². The zero-order valence-corrected chi connectivity index (χ0v) is 29.1. The first kappa shape index (κ1) is 32.8. The van der Waals surface area contributed by atoms with Gasteiger partial charge >= 0.3 is 0 Å². The molecule has 3 aromatic heterocycles. The van der Waals surface area contributed by atoms with E-state index in [1.807, 2.05) is 39.3 Å². The molecule has 0 saturated carbocycles. The van der Waals surface area contributed by atoms with Crippen LogP contribution in [0.4, 0.5) is 17.3 Å². The highest BCUT2D eigenvalue weighted by Gasteiger charge is 2.27. The number of hydrogen-bond acceptors (Lipinski definition) is 9. The minimum absolute atomic E-state index is 0.0816. The maximum absolute atomic E-state index is 14.4. The molecule has 0 aliphatic carbocycles. The first-order chi connectivity index (χ1) is 23.3. The van der Waals surface area contributed by atoms with E-state index in [2.05, 4.69) is 57.7 Å². The van der Waals surface area contributed by atoms with Crippen molar-refractivity contribution < 1.29 is 4.21 Å². The van der Waals surface area contributed by atoms with Crippen LogP contribution in [0.3, 0.4) is 0 Å². The molecule has 2 N–H and O–H groups in total. The molecular weight excluding hydrogens is 623 g/mol. The molecule has 3 aliphatic rings. The molecule has 6 heterocycles. The average Bonchev–Trinajstić information content (AvgIpc) is 3.09. The number of nitrogens with zero attached hydrogens (tertiary/aromatic N) is 7. The largest absolute Gasteiger partial charge is 0.381 e. The molecule has 0 bridgehead atoms. The lowest BCUT2D eigenvalue weighted by Crippen LogP contribution is -2.39. The molecule has 3 saturated heterocycles. The summed E-state index contributed by atoms with van der Waals surface area (Å²) in [5.41, 5.74) is 4.84. The predicted octanol–water partition coefficient (Wildman–Crippen LogP) is 5.19. The molecule has 3 atom stereocenters. The van der Waals surface area contributed by atoms with Gasteiger partial charge in [-0.2, -0.15) is 4.98 Å². The molecule has 3 fully saturated rings. The van der Waals surface area contributed by atoms with Gasteiger partial charge in [-0.3, -0.25) is 19.2 Å². The summed E-state index contributed by atoms with van der Waals surface area (Å²) in [6.45, 7) is 4.60. The van der Waals surface area contributed by atoms with Crippen molar-refractivity contribution in [1.82, 2.24) is 33.6 Å². The fraction of sp³-hybridized carbons (Fsp3) is 0.500. The first-order valence-corrected chi connectivity index (χ1v) is 18.8. The van der Waals surface area contributed by atoms with Crippen molar-refractivity contribution in [1.29, 1.82) is 0 Å². The third-order valence-electron chi connectivity index (χ3n) is 10.3. The van der Waals surface area contributed by atoms with E-state index in [0.717, 1.165) is 42.8 Å². The molecule has 4 aromatic rings. The van der Waals surface area contributed by atoms with Crippen LogP contribution in [0.15, 0.2) is 59.7 Å². The minimum atomic E-state index is -1.04. The summed E-state index contributed by atoms with van der Waals surface area (Å²) < 4.78 is 16.0. The lowest BCUT2D eigenvalue weighted by molar-refractivity contribution is 0.187. The normalized spacial score (nSPS) is 22.5. The maximum atomic E-state index is 14.4. The lowest BCUT2D eigenvalue weighted by Gasteiger charge is -2.32. The van der Waals surface area contributed by atoms with Crippen LogP contribution in [0.2, 0.25) is 0 Å². The van der Waals surface area contributed by atoms with Gasteiger partial charge in [0.2, 0.25) is 5.95 Å². The number of likely N-dealkylation sites (tertiary alicyclic amines) is 2. The van der Waals surface area contributed by atoms with Crippen molar-refractivity contribution in [3.8, 4) is 11.3 Å². The van der Waals surface area contributed by atoms with E-state index in [1.165, 1.54) is 31.2 Å². The second kappa shape index (κ2) is 14.4. The third kappa shape index (κ3) is 7.17. The third-order valence-corrected chi connectivity index (χ3v) is 11.4. The Labute approximate surface area is 285 Å². The van der Waals surface area contributed by atoms with Gasteiger partial charge in [-0.25, -0.2) is 13.5 Å². The Bertz CT molecular complexity index is 1810. The second-order valence-corrected chi connectivity index (χ2v) is 15.1. The van der Waals surface area contributed by atoms with Gasteiger partial charge in [0, 0.05) is 73.2 Å². The van der Waals surface area contributed by atoms with E-state index in [4.69, 9.17) is 9.97 Å². The Kier molecular flexibility index (Phi) is 9.85. The van der Waals surface area contributed by atoms with E-state index in [1.54, 1.807) is 12.5 Å². The van der Waals surface area contributed by atoms with Crippen molar-refractivity contribution in [2.24, 2.45) is 0 Å². The number of likely N-dealkylation sites (N-methyl/N-ethyl adjacent to an activating group) is 1. The van der Waals surface area contributed by atoms with E-state index >= 15 is 0 Å². The fourth-order valence-electron chi connectivity index (χ4n) is 7.62. The molecule has 3 unspecified atom stereocenters. The van der Waals surface area contributed by atoms with Crippen molar-refractivity contribution in [2.45, 2.75) is 63.1 Å². The smallest absolute Gasteiger partial charge is 0.261 e. The van der Waals surface area contributed by atoms with E-state index in [-0.39, 0.29) is 11.6 Å². The minimum Gasteiger partial charge on any atom is -0.381 e. The SMILES string of the molecule is CN1CCCC(Nc2ccc(Nc3ncc4cc(-c5ccc(C6CCCCN6C)cn5)c(=O)n(C5CCN(S(C)=O)CC5)c4n3)cc2)C1. The Morgan fingerprint density at radius 2 is 1.65 bits per heavy atom. The highest BCUT2D eigenvalue weighted by atomic mass is 32.2. The maximum Gasteiger partial charge on any atom is 0.261 e. The van der Waals surface area contributed by atoms with Crippen molar-refractivity contribution in [3.05, 3.63) is 70.8 Å². The second-order valence-electron chi connectivity index (χ2n) is 13.7. The van der Waals surface area contributed by atoms with Gasteiger partial charge in [0.15, 0.2) is 0 Å². The Morgan fingerprint density at radius 3 is 2.35 bits per heavy atom. The van der Waals surface area contributed by atoms with Crippen molar-refractivity contribution in [2.75, 3.05) is 63.7 Å². The standard InChI is InChI=1S/C36H47N9O2S/c1-42-17-6-7-29(24-42)39-27-10-12-28(13-11-27)40-36-38-23-26-21-31(32-14-9-25(22-37-32)33-8-4-5-18-43(33)2)35(46)45(34(26)41-36)30-15-19-44(20-16-30)48(3)47/h9-14,21-23,29-30,33,39H,4-8,15-20,24H2,1-3H3,(H,38,40,41). The van der Waals surface area contributed by atoms with Crippen molar-refractivity contribution in [3.63, 3.8) is 0 Å². The van der Waals surface area contributed by atoms with Crippen LogP contribution >= 0.6 is 0 Å². The molecule has 12 heteroatoms. The van der Waals surface area contributed by atoms with Gasteiger partial charge < -0.3 is 15.5 Å². The van der Waals surface area contributed by atoms with Crippen LogP contribution in [0.5, 0.6) is 0 Å². The summed E-state index contributed by atoms with van der Waals surface area (Å²) in [6.07, 6.45) is 12.8. The molecule has 0 amide bonds. The summed E-state index contributed by atoms with van der Waals surface area (Å²) in [6, 6.07) is 14.9. The zero-order chi connectivity index (χ0) is 33.2. The van der Waals surface area contributed by atoms with Crippen molar-refractivity contribution >= 4 is 39.3 Å². The monoisotopic (exact) mass is 669 g/mol. The van der Waals surface area contributed by atoms with Crippen LogP contribution in [0.25, 0.3) is 22.3 Å². The van der Waals surface area contributed by atoms with Crippen LogP contribution in [0, 0.1) is 0 Å². The van der Waals surface area contributed by atoms with Gasteiger partial charge in [-0.1, -0.05) is 12.5 Å². The van der Waals surface area contributed by atoms with Crippen LogP contribution in [0.1, 0.15) is 62.6 Å². The van der Waals surface area contributed by atoms with Gasteiger partial charge in [0.1, 0.15) is 5.65 Å². The highest BCUT2D eigenvalue weighted by molar-refractivity contribution is 7.81. The van der Waals surface area contributed by atoms with Crippen LogP contribution < -0.4 is 16.2 Å². The summed E-state index contributed by atoms with van der Waals surface area (Å²) in [5.74, 6) is 0.434. The van der Waals surface area contributed by atoms with Gasteiger partial charge in [0.05, 0.1) is 22.2 Å². The fourth-order valence-corrected chi connectivity index (χ4v) is 8.34. The lowest BCUT2D eigenvalue weighted by atomic mass is 9.96. The number of benzene rings is 1. The Hall–Kier alpha value is -3.71. The number of nitrogens with one attached hydrogen (secondary N) is 2. The predicted molar refractivity (Wildman–Crippen MR) is 194 cm³/mol. The molecule has 0 radical (unpaired) electrons. The number of pyridine rings is 2. The number of fused-ring (bicyclic) bond motifs is 1. The van der Waals surface area contributed by atoms with E-state index in [0.29, 0.717) is 60.9 Å². The zero-order valence-electron chi connectivity index (χ0n) is 28.3. The van der Waals surface area contributed by atoms with E-state index < -0.39 is 11.0 Å². The topological polar surface area (TPSA) is 112 Å². The number of anilines is 3. The summed E-state index contributed by atoms with van der Waals surface area (Å²) in [4.78, 5) is 33.5. The molecular formula is C36H47N9O2S. The summed E-state index contributed by atoms with van der Waals surface area (Å²) in [5, 5.41) is 7.80. The number of aromatic nitrogens is 4. The van der Waals surface area contributed by atoms with Gasteiger partial charge in [0.25, 0.3) is 5.56 Å². The molecule has 254 valence electrons. The van der Waals surface area contributed by atoms with Crippen LogP contribution in [-0.2, 0) is 11.0 Å². The summed E-state index contributed by atoms with van der Waals surface area (Å²) in [7, 11) is 3.31. The quantitative estimate of drug-likeness (QED) is 0.262. The number of rotatable bonds is 8. The molecule has 11 nitrogen and oxygen atoms in total. The molecule has 1 aromatic carbocycles. The van der Waals surface area contributed by atoms with Crippen LogP contribution in [-0.4, -0.2) is 96.9 Å². The average molecular weight is 670 g/mol. The highest BCUT2D eigenvalue weighted by Crippen LogP contribution is 2.31. The summed E-state index contributed by atoms with van der Waals surface area (Å²) >= 11 is 0. The Morgan fingerprint density at radius 1 is 0.854 bits per heavy atom. The van der Waals surface area contributed by atoms with Gasteiger partial charge in [-0.05, 0) is 108 Å². The molecule has 7 rings (SSSR count). The first-order valence-electron chi connectivity index (χ1n) is 17.3. The molecule has 0 spiro atoms. The molecule has 48 heavy (non-hydrogen) atoms. The number of hydrogen-bond donors (Lipinski definition) is 2. The van der Waals surface area contributed by atoms with Gasteiger partial charge in [-0.15, -0.1) is 0 Å².